The highest BCUT2D eigenvalue weighted by atomic mass is 16.5. The van der Waals surface area contributed by atoms with Crippen molar-refractivity contribution in [3.8, 4) is 0 Å². The summed E-state index contributed by atoms with van der Waals surface area (Å²) < 4.78 is 4.98. The molecule has 1 aliphatic carbocycles. The van der Waals surface area contributed by atoms with Crippen molar-refractivity contribution >= 4 is 11.7 Å². The van der Waals surface area contributed by atoms with Crippen molar-refractivity contribution in [3.63, 3.8) is 0 Å². The number of carbonyl (C=O) groups is 1. The quantitative estimate of drug-likeness (QED) is 0.606. The molecule has 2 rings (SSSR count). The zero-order chi connectivity index (χ0) is 10.8. The van der Waals surface area contributed by atoms with Gasteiger partial charge in [-0.25, -0.2) is 0 Å². The van der Waals surface area contributed by atoms with Gasteiger partial charge in [0, 0.05) is 5.69 Å². The average Bonchev–Trinajstić information content (AvgIpc) is 2.99. The number of benzene rings is 1. The molecule has 0 spiro atoms. The van der Waals surface area contributed by atoms with Crippen molar-refractivity contribution < 1.29 is 9.53 Å². The molecule has 0 aliphatic heterocycles. The third-order valence-electron chi connectivity index (χ3n) is 2.74. The lowest BCUT2D eigenvalue weighted by Gasteiger charge is -2.01. The van der Waals surface area contributed by atoms with Gasteiger partial charge in [-0.05, 0) is 37.0 Å². The summed E-state index contributed by atoms with van der Waals surface area (Å²) >= 11 is 0. The minimum atomic E-state index is -0.0701. The van der Waals surface area contributed by atoms with Gasteiger partial charge in [0.15, 0.2) is 0 Å². The van der Waals surface area contributed by atoms with Crippen molar-refractivity contribution in [2.75, 3.05) is 12.3 Å². The molecule has 1 aliphatic rings. The van der Waals surface area contributed by atoms with E-state index in [1.807, 2.05) is 31.2 Å². The van der Waals surface area contributed by atoms with E-state index in [0.717, 1.165) is 12.1 Å². The standard InChI is InChI=1S/C12H15NO2/c1-2-15-12(14)11-7-10(11)8-3-5-9(13)6-4-8/h3-6,10-11H,2,7,13H2,1H3/t10-,11?/m0/s1. The van der Waals surface area contributed by atoms with Crippen LogP contribution in [0.4, 0.5) is 5.69 Å². The summed E-state index contributed by atoms with van der Waals surface area (Å²) in [6.07, 6.45) is 0.906. The van der Waals surface area contributed by atoms with E-state index in [2.05, 4.69) is 0 Å². The third-order valence-corrected chi connectivity index (χ3v) is 2.74. The highest BCUT2D eigenvalue weighted by Gasteiger charge is 2.44. The predicted molar refractivity (Wildman–Crippen MR) is 58.3 cm³/mol. The Morgan fingerprint density at radius 2 is 2.13 bits per heavy atom. The molecular weight excluding hydrogens is 190 g/mol. The van der Waals surface area contributed by atoms with Crippen LogP contribution in [0.1, 0.15) is 24.8 Å². The summed E-state index contributed by atoms with van der Waals surface area (Å²) in [6.45, 7) is 2.29. The highest BCUT2D eigenvalue weighted by molar-refractivity contribution is 5.77. The minimum absolute atomic E-state index is 0.0635. The smallest absolute Gasteiger partial charge is 0.309 e. The molecule has 3 nitrogen and oxygen atoms in total. The lowest BCUT2D eigenvalue weighted by Crippen LogP contribution is -2.07. The van der Waals surface area contributed by atoms with Crippen LogP contribution in [0.5, 0.6) is 0 Å². The number of esters is 1. The molecule has 1 saturated carbocycles. The van der Waals surface area contributed by atoms with Gasteiger partial charge in [-0.15, -0.1) is 0 Å². The Bertz CT molecular complexity index is 358. The summed E-state index contributed by atoms with van der Waals surface area (Å²) in [5.41, 5.74) is 7.54. The number of hydrogen-bond acceptors (Lipinski definition) is 3. The summed E-state index contributed by atoms with van der Waals surface area (Å²) in [4.78, 5) is 11.4. The molecule has 0 radical (unpaired) electrons. The second-order valence-electron chi connectivity index (χ2n) is 3.87. The molecular formula is C12H15NO2. The number of nitrogen functional groups attached to an aromatic ring is 1. The Morgan fingerprint density at radius 3 is 2.73 bits per heavy atom. The number of ether oxygens (including phenoxy) is 1. The molecule has 1 fully saturated rings. The Hall–Kier alpha value is -1.51. The predicted octanol–water partition coefficient (Wildman–Crippen LogP) is 1.94. The van der Waals surface area contributed by atoms with Crippen LogP contribution < -0.4 is 5.73 Å². The maximum absolute atomic E-state index is 11.4. The largest absolute Gasteiger partial charge is 0.466 e. The fourth-order valence-electron chi connectivity index (χ4n) is 1.82. The van der Waals surface area contributed by atoms with Crippen molar-refractivity contribution in [2.45, 2.75) is 19.3 Å². The maximum Gasteiger partial charge on any atom is 0.309 e. The zero-order valence-corrected chi connectivity index (χ0v) is 8.77. The number of nitrogens with two attached hydrogens (primary N) is 1. The van der Waals surface area contributed by atoms with Gasteiger partial charge in [0.2, 0.25) is 0 Å². The average molecular weight is 205 g/mol. The van der Waals surface area contributed by atoms with Crippen molar-refractivity contribution in [3.05, 3.63) is 29.8 Å². The van der Waals surface area contributed by atoms with Crippen LogP contribution in [0.2, 0.25) is 0 Å². The monoisotopic (exact) mass is 205 g/mol. The Balaban J connectivity index is 1.98. The Labute approximate surface area is 89.2 Å². The number of carbonyl (C=O) groups excluding carboxylic acids is 1. The van der Waals surface area contributed by atoms with Gasteiger partial charge in [0.05, 0.1) is 12.5 Å². The van der Waals surface area contributed by atoms with E-state index in [1.54, 1.807) is 0 Å². The van der Waals surface area contributed by atoms with Gasteiger partial charge in [-0.2, -0.15) is 0 Å². The SMILES string of the molecule is CCOC(=O)C1C[C@H]1c1ccc(N)cc1. The second-order valence-corrected chi connectivity index (χ2v) is 3.87. The van der Waals surface area contributed by atoms with Crippen molar-refractivity contribution in [2.24, 2.45) is 5.92 Å². The first-order chi connectivity index (χ1) is 7.22. The first-order valence-electron chi connectivity index (χ1n) is 5.24. The fraction of sp³-hybridized carbons (Fsp3) is 0.417. The van der Waals surface area contributed by atoms with Crippen LogP contribution in [0.3, 0.4) is 0 Å². The molecule has 2 atom stereocenters. The van der Waals surface area contributed by atoms with E-state index in [1.165, 1.54) is 5.56 Å². The summed E-state index contributed by atoms with van der Waals surface area (Å²) in [5, 5.41) is 0. The number of hydrogen-bond donors (Lipinski definition) is 1. The van der Waals surface area contributed by atoms with E-state index < -0.39 is 0 Å². The van der Waals surface area contributed by atoms with E-state index in [9.17, 15) is 4.79 Å². The van der Waals surface area contributed by atoms with Crippen molar-refractivity contribution in [1.82, 2.24) is 0 Å². The van der Waals surface area contributed by atoms with Crippen LogP contribution in [-0.2, 0) is 9.53 Å². The van der Waals surface area contributed by atoms with E-state index >= 15 is 0 Å². The second kappa shape index (κ2) is 3.93. The topological polar surface area (TPSA) is 52.3 Å². The summed E-state index contributed by atoms with van der Waals surface area (Å²) in [7, 11) is 0. The van der Waals surface area contributed by atoms with E-state index in [-0.39, 0.29) is 11.9 Å². The number of anilines is 1. The Morgan fingerprint density at radius 1 is 1.47 bits per heavy atom. The van der Waals surface area contributed by atoms with Gasteiger partial charge < -0.3 is 10.5 Å². The highest BCUT2D eigenvalue weighted by Crippen LogP contribution is 2.48. The van der Waals surface area contributed by atoms with Crippen LogP contribution in [0, 0.1) is 5.92 Å². The van der Waals surface area contributed by atoms with Gasteiger partial charge in [-0.1, -0.05) is 12.1 Å². The molecule has 1 aromatic rings. The van der Waals surface area contributed by atoms with Crippen LogP contribution >= 0.6 is 0 Å². The van der Waals surface area contributed by atoms with Gasteiger partial charge >= 0.3 is 5.97 Å². The van der Waals surface area contributed by atoms with Crippen LogP contribution in [0.15, 0.2) is 24.3 Å². The third kappa shape index (κ3) is 2.12. The first-order valence-corrected chi connectivity index (χ1v) is 5.24. The molecule has 0 amide bonds. The molecule has 1 unspecified atom stereocenters. The molecule has 0 aromatic heterocycles. The van der Waals surface area contributed by atoms with Crippen LogP contribution in [0.25, 0.3) is 0 Å². The van der Waals surface area contributed by atoms with Crippen molar-refractivity contribution in [1.29, 1.82) is 0 Å². The Kier molecular flexibility index (Phi) is 2.62. The lowest BCUT2D eigenvalue weighted by molar-refractivity contribution is -0.144. The molecule has 80 valence electrons. The van der Waals surface area contributed by atoms with Gasteiger partial charge in [-0.3, -0.25) is 4.79 Å². The summed E-state index contributed by atoms with van der Waals surface area (Å²) in [6, 6.07) is 7.71. The van der Waals surface area contributed by atoms with E-state index in [0.29, 0.717) is 12.5 Å². The number of rotatable bonds is 3. The lowest BCUT2D eigenvalue weighted by atomic mass is 10.1. The molecule has 2 N–H and O–H groups in total. The van der Waals surface area contributed by atoms with Gasteiger partial charge in [0.1, 0.15) is 0 Å². The zero-order valence-electron chi connectivity index (χ0n) is 8.77. The summed E-state index contributed by atoms with van der Waals surface area (Å²) in [5.74, 6) is 0.331. The molecule has 0 heterocycles. The van der Waals surface area contributed by atoms with E-state index in [4.69, 9.17) is 10.5 Å². The first kappa shape index (κ1) is 10.0. The molecule has 0 saturated heterocycles. The van der Waals surface area contributed by atoms with Gasteiger partial charge in [0.25, 0.3) is 0 Å². The molecule has 15 heavy (non-hydrogen) atoms. The maximum atomic E-state index is 11.4. The minimum Gasteiger partial charge on any atom is -0.466 e. The molecule has 3 heteroatoms. The fourth-order valence-corrected chi connectivity index (χ4v) is 1.82. The normalized spacial score (nSPS) is 23.5. The van der Waals surface area contributed by atoms with Crippen LogP contribution in [-0.4, -0.2) is 12.6 Å². The molecule has 1 aromatic carbocycles. The molecule has 0 bridgehead atoms.